The minimum atomic E-state index is -0.852. The summed E-state index contributed by atoms with van der Waals surface area (Å²) in [6.07, 6.45) is 1.88. The van der Waals surface area contributed by atoms with Crippen LogP contribution in [0.1, 0.15) is 24.8 Å². The largest absolute Gasteiger partial charge is 0.319 e. The van der Waals surface area contributed by atoms with E-state index in [0.717, 1.165) is 18.6 Å². The highest BCUT2D eigenvalue weighted by Gasteiger charge is 2.39. The van der Waals surface area contributed by atoms with Gasteiger partial charge in [-0.05, 0) is 31.4 Å². The van der Waals surface area contributed by atoms with E-state index in [1.54, 1.807) is 0 Å². The first-order chi connectivity index (χ1) is 7.53. The Morgan fingerprint density at radius 1 is 1.31 bits per heavy atom. The van der Waals surface area contributed by atoms with Crippen molar-refractivity contribution in [1.82, 2.24) is 0 Å². The molecule has 0 aromatic heterocycles. The van der Waals surface area contributed by atoms with Crippen LogP contribution in [0.2, 0.25) is 0 Å². The lowest BCUT2D eigenvalue weighted by molar-refractivity contribution is -0.126. The Kier molecular flexibility index (Phi) is 2.76. The van der Waals surface area contributed by atoms with E-state index < -0.39 is 17.2 Å². The van der Waals surface area contributed by atoms with Gasteiger partial charge in [0.1, 0.15) is 11.6 Å². The monoisotopic (exact) mass is 225 g/mol. The SMILES string of the molecule is NC1(C(=O)Cc2c(F)cccc2F)CCC1. The Hall–Kier alpha value is -1.29. The van der Waals surface area contributed by atoms with Crippen molar-refractivity contribution in [2.75, 3.05) is 0 Å². The first-order valence-corrected chi connectivity index (χ1v) is 5.28. The van der Waals surface area contributed by atoms with Crippen LogP contribution in [-0.2, 0) is 11.2 Å². The first-order valence-electron chi connectivity index (χ1n) is 5.28. The molecule has 16 heavy (non-hydrogen) atoms. The number of carbonyl (C=O) groups is 1. The average Bonchev–Trinajstić information content (AvgIpc) is 2.20. The third-order valence-corrected chi connectivity index (χ3v) is 3.20. The molecule has 0 aliphatic heterocycles. The van der Waals surface area contributed by atoms with Gasteiger partial charge in [-0.1, -0.05) is 6.07 Å². The molecule has 1 aromatic carbocycles. The van der Waals surface area contributed by atoms with Crippen LogP contribution in [0.5, 0.6) is 0 Å². The quantitative estimate of drug-likeness (QED) is 0.854. The van der Waals surface area contributed by atoms with Crippen molar-refractivity contribution in [3.05, 3.63) is 35.4 Å². The lowest BCUT2D eigenvalue weighted by Gasteiger charge is -2.36. The van der Waals surface area contributed by atoms with E-state index in [2.05, 4.69) is 0 Å². The number of carbonyl (C=O) groups excluding carboxylic acids is 1. The molecule has 2 N–H and O–H groups in total. The van der Waals surface area contributed by atoms with Gasteiger partial charge in [-0.15, -0.1) is 0 Å². The lowest BCUT2D eigenvalue weighted by Crippen LogP contribution is -2.54. The summed E-state index contributed by atoms with van der Waals surface area (Å²) in [5, 5.41) is 0. The van der Waals surface area contributed by atoms with Crippen molar-refractivity contribution in [2.24, 2.45) is 5.73 Å². The minimum Gasteiger partial charge on any atom is -0.319 e. The van der Waals surface area contributed by atoms with Crippen molar-refractivity contribution in [3.8, 4) is 0 Å². The fourth-order valence-electron chi connectivity index (χ4n) is 1.87. The van der Waals surface area contributed by atoms with Crippen LogP contribution >= 0.6 is 0 Å². The van der Waals surface area contributed by atoms with Gasteiger partial charge in [0.15, 0.2) is 5.78 Å². The Morgan fingerprint density at radius 3 is 2.31 bits per heavy atom. The number of halogens is 2. The third kappa shape index (κ3) is 1.85. The van der Waals surface area contributed by atoms with Crippen molar-refractivity contribution in [3.63, 3.8) is 0 Å². The van der Waals surface area contributed by atoms with Crippen LogP contribution in [0.4, 0.5) is 8.78 Å². The van der Waals surface area contributed by atoms with Gasteiger partial charge in [0, 0.05) is 12.0 Å². The minimum absolute atomic E-state index is 0.177. The summed E-state index contributed by atoms with van der Waals surface area (Å²) in [5.74, 6) is -1.64. The normalized spacial score (nSPS) is 17.9. The summed E-state index contributed by atoms with van der Waals surface area (Å²) in [5.41, 5.74) is 4.77. The molecule has 0 radical (unpaired) electrons. The summed E-state index contributed by atoms with van der Waals surface area (Å²) < 4.78 is 26.6. The maximum absolute atomic E-state index is 13.3. The van der Waals surface area contributed by atoms with Gasteiger partial charge in [-0.3, -0.25) is 4.79 Å². The molecular formula is C12H13F2NO. The molecule has 1 fully saturated rings. The van der Waals surface area contributed by atoms with Gasteiger partial charge in [-0.2, -0.15) is 0 Å². The van der Waals surface area contributed by atoms with Crippen LogP contribution in [0.15, 0.2) is 18.2 Å². The zero-order chi connectivity index (χ0) is 11.8. The number of hydrogen-bond acceptors (Lipinski definition) is 2. The van der Waals surface area contributed by atoms with Gasteiger partial charge in [0.25, 0.3) is 0 Å². The highest BCUT2D eigenvalue weighted by Crippen LogP contribution is 2.31. The Bertz CT molecular complexity index is 407. The molecule has 1 aliphatic carbocycles. The highest BCUT2D eigenvalue weighted by atomic mass is 19.1. The zero-order valence-electron chi connectivity index (χ0n) is 8.80. The molecule has 0 heterocycles. The molecule has 2 rings (SSSR count). The maximum atomic E-state index is 13.3. The van der Waals surface area contributed by atoms with Crippen LogP contribution < -0.4 is 5.73 Å². The molecule has 0 spiro atoms. The van der Waals surface area contributed by atoms with Crippen molar-refractivity contribution < 1.29 is 13.6 Å². The average molecular weight is 225 g/mol. The molecule has 0 unspecified atom stereocenters. The molecule has 0 bridgehead atoms. The molecule has 4 heteroatoms. The van der Waals surface area contributed by atoms with Gasteiger partial charge in [-0.25, -0.2) is 8.78 Å². The predicted molar refractivity (Wildman–Crippen MR) is 55.8 cm³/mol. The second kappa shape index (κ2) is 3.94. The number of hydrogen-bond donors (Lipinski definition) is 1. The smallest absolute Gasteiger partial charge is 0.157 e. The van der Waals surface area contributed by atoms with Crippen LogP contribution in [0, 0.1) is 11.6 Å². The van der Waals surface area contributed by atoms with E-state index in [9.17, 15) is 13.6 Å². The third-order valence-electron chi connectivity index (χ3n) is 3.20. The van der Waals surface area contributed by atoms with E-state index in [1.165, 1.54) is 6.07 Å². The number of rotatable bonds is 3. The van der Waals surface area contributed by atoms with E-state index >= 15 is 0 Å². The van der Waals surface area contributed by atoms with Crippen molar-refractivity contribution in [1.29, 1.82) is 0 Å². The molecule has 1 saturated carbocycles. The second-order valence-corrected chi connectivity index (χ2v) is 4.31. The first kappa shape index (κ1) is 11.2. The van der Waals surface area contributed by atoms with E-state index in [1.807, 2.05) is 0 Å². The number of ketones is 1. The number of nitrogens with two attached hydrogens (primary N) is 1. The van der Waals surface area contributed by atoms with Crippen LogP contribution in [0.3, 0.4) is 0 Å². The van der Waals surface area contributed by atoms with Crippen LogP contribution in [0.25, 0.3) is 0 Å². The molecule has 2 nitrogen and oxygen atoms in total. The standard InChI is InChI=1S/C12H13F2NO/c13-9-3-1-4-10(14)8(9)7-11(16)12(15)5-2-6-12/h1,3-4H,2,5-7,15H2. The summed E-state index contributed by atoms with van der Waals surface area (Å²) in [6.45, 7) is 0. The van der Waals surface area contributed by atoms with Gasteiger partial charge < -0.3 is 5.73 Å². The van der Waals surface area contributed by atoms with E-state index in [-0.39, 0.29) is 17.8 Å². The predicted octanol–water partition coefficient (Wildman–Crippen LogP) is 1.96. The Balaban J connectivity index is 2.18. The molecular weight excluding hydrogens is 212 g/mol. The molecule has 1 aliphatic rings. The van der Waals surface area contributed by atoms with Crippen LogP contribution in [-0.4, -0.2) is 11.3 Å². The van der Waals surface area contributed by atoms with Crippen molar-refractivity contribution in [2.45, 2.75) is 31.2 Å². The summed E-state index contributed by atoms with van der Waals surface area (Å²) >= 11 is 0. The number of benzene rings is 1. The summed E-state index contributed by atoms with van der Waals surface area (Å²) in [7, 11) is 0. The second-order valence-electron chi connectivity index (χ2n) is 4.31. The van der Waals surface area contributed by atoms with Crippen molar-refractivity contribution >= 4 is 5.78 Å². The fourth-order valence-corrected chi connectivity index (χ4v) is 1.87. The van der Waals surface area contributed by atoms with Gasteiger partial charge in [0.05, 0.1) is 5.54 Å². The summed E-state index contributed by atoms with van der Waals surface area (Å²) in [4.78, 5) is 11.8. The van der Waals surface area contributed by atoms with E-state index in [0.29, 0.717) is 12.8 Å². The Labute approximate surface area is 92.4 Å². The molecule has 0 saturated heterocycles. The van der Waals surface area contributed by atoms with E-state index in [4.69, 9.17) is 5.73 Å². The van der Waals surface area contributed by atoms with Gasteiger partial charge >= 0.3 is 0 Å². The zero-order valence-corrected chi connectivity index (χ0v) is 8.80. The molecule has 1 aromatic rings. The molecule has 86 valence electrons. The molecule has 0 atom stereocenters. The highest BCUT2D eigenvalue weighted by molar-refractivity contribution is 5.90. The molecule has 0 amide bonds. The lowest BCUT2D eigenvalue weighted by atomic mass is 9.73. The number of Topliss-reactive ketones (excluding diaryl/α,β-unsaturated/α-hetero) is 1. The fraction of sp³-hybridized carbons (Fsp3) is 0.417. The Morgan fingerprint density at radius 2 is 1.88 bits per heavy atom. The topological polar surface area (TPSA) is 43.1 Å². The van der Waals surface area contributed by atoms with Gasteiger partial charge in [0.2, 0.25) is 0 Å². The maximum Gasteiger partial charge on any atom is 0.157 e. The summed E-state index contributed by atoms with van der Waals surface area (Å²) in [6, 6.07) is 3.57.